The first-order valence-corrected chi connectivity index (χ1v) is 8.73. The molecule has 116 valence electrons. The molecule has 2 nitrogen and oxygen atoms in total. The van der Waals surface area contributed by atoms with Crippen LogP contribution in [0.2, 0.25) is 5.02 Å². The average molecular weight is 307 g/mol. The molecule has 2 unspecified atom stereocenters. The number of nitrogens with zero attached hydrogens (tertiary/aromatic N) is 1. The van der Waals surface area contributed by atoms with E-state index in [1.807, 2.05) is 12.1 Å². The average Bonchev–Trinajstić information content (AvgIpc) is 2.45. The molecule has 1 aromatic rings. The molecule has 1 N–H and O–H groups in total. The summed E-state index contributed by atoms with van der Waals surface area (Å²) in [6.45, 7) is 8.17. The number of likely N-dealkylation sites (tertiary alicyclic amines) is 1. The van der Waals surface area contributed by atoms with E-state index < -0.39 is 0 Å². The Balaban J connectivity index is 1.61. The molecule has 0 aromatic heterocycles. The summed E-state index contributed by atoms with van der Waals surface area (Å²) in [5.74, 6) is 1.65. The molecule has 1 aliphatic carbocycles. The van der Waals surface area contributed by atoms with Gasteiger partial charge < -0.3 is 10.2 Å². The molecule has 2 bridgehead atoms. The van der Waals surface area contributed by atoms with E-state index in [0.29, 0.717) is 12.1 Å². The van der Waals surface area contributed by atoms with E-state index in [2.05, 4.69) is 36.2 Å². The molecule has 21 heavy (non-hydrogen) atoms. The molecule has 1 aliphatic heterocycles. The van der Waals surface area contributed by atoms with Gasteiger partial charge in [0, 0.05) is 36.7 Å². The van der Waals surface area contributed by atoms with Crippen LogP contribution >= 0.6 is 11.6 Å². The van der Waals surface area contributed by atoms with Gasteiger partial charge in [-0.2, -0.15) is 0 Å². The Hall–Kier alpha value is -0.570. The third-order valence-corrected chi connectivity index (χ3v) is 5.54. The fourth-order valence-electron chi connectivity index (χ4n) is 4.07. The van der Waals surface area contributed by atoms with Gasteiger partial charge in [0.15, 0.2) is 0 Å². The van der Waals surface area contributed by atoms with Gasteiger partial charge in [-0.25, -0.2) is 0 Å². The molecule has 1 heterocycles. The summed E-state index contributed by atoms with van der Waals surface area (Å²) in [6.07, 6.45) is 4.19. The smallest absolute Gasteiger partial charge is 0.0406 e. The second kappa shape index (κ2) is 6.68. The predicted molar refractivity (Wildman–Crippen MR) is 89.6 cm³/mol. The van der Waals surface area contributed by atoms with Crippen molar-refractivity contribution in [3.8, 4) is 0 Å². The van der Waals surface area contributed by atoms with E-state index >= 15 is 0 Å². The first-order valence-electron chi connectivity index (χ1n) is 8.35. The molecule has 0 amide bonds. The van der Waals surface area contributed by atoms with Gasteiger partial charge in [0.05, 0.1) is 0 Å². The Morgan fingerprint density at radius 1 is 1.14 bits per heavy atom. The number of nitrogens with one attached hydrogen (secondary N) is 1. The van der Waals surface area contributed by atoms with E-state index in [-0.39, 0.29) is 0 Å². The molecule has 2 fully saturated rings. The second-order valence-corrected chi connectivity index (χ2v) is 7.47. The van der Waals surface area contributed by atoms with Crippen molar-refractivity contribution in [2.45, 2.75) is 51.7 Å². The van der Waals surface area contributed by atoms with Crippen molar-refractivity contribution in [1.82, 2.24) is 10.2 Å². The van der Waals surface area contributed by atoms with Crippen molar-refractivity contribution in [2.75, 3.05) is 13.1 Å². The Morgan fingerprint density at radius 3 is 2.33 bits per heavy atom. The Bertz CT molecular complexity index is 443. The lowest BCUT2D eigenvalue weighted by Crippen LogP contribution is -2.58. The van der Waals surface area contributed by atoms with Crippen molar-refractivity contribution in [2.24, 2.45) is 11.8 Å². The van der Waals surface area contributed by atoms with Crippen molar-refractivity contribution in [3.05, 3.63) is 34.9 Å². The van der Waals surface area contributed by atoms with Gasteiger partial charge in [0.2, 0.25) is 0 Å². The highest BCUT2D eigenvalue weighted by molar-refractivity contribution is 6.30. The van der Waals surface area contributed by atoms with Crippen molar-refractivity contribution < 1.29 is 0 Å². The van der Waals surface area contributed by atoms with Crippen LogP contribution in [-0.4, -0.2) is 30.1 Å². The number of rotatable bonds is 4. The van der Waals surface area contributed by atoms with Gasteiger partial charge in [-0.3, -0.25) is 0 Å². The van der Waals surface area contributed by atoms with Gasteiger partial charge in [-0.1, -0.05) is 30.2 Å². The van der Waals surface area contributed by atoms with E-state index in [0.717, 1.165) is 23.4 Å². The highest BCUT2D eigenvalue weighted by atomic mass is 35.5. The third-order valence-electron chi connectivity index (χ3n) is 5.29. The standard InChI is InChI=1S/C18H27ClN2/c1-13(2)21-11-15-4-3-5-16(12-21)18(15)20-10-14-6-8-17(19)9-7-14/h6-9,13,15-16,18,20H,3-5,10-12H2,1-2H3. The van der Waals surface area contributed by atoms with Gasteiger partial charge in [0.25, 0.3) is 0 Å². The van der Waals surface area contributed by atoms with Crippen LogP contribution in [0, 0.1) is 11.8 Å². The van der Waals surface area contributed by atoms with Crippen molar-refractivity contribution in [3.63, 3.8) is 0 Å². The Kier molecular flexibility index (Phi) is 4.88. The zero-order valence-corrected chi connectivity index (χ0v) is 13.9. The fourth-order valence-corrected chi connectivity index (χ4v) is 4.19. The van der Waals surface area contributed by atoms with Crippen LogP contribution in [0.25, 0.3) is 0 Å². The maximum Gasteiger partial charge on any atom is 0.0406 e. The van der Waals surface area contributed by atoms with Crippen LogP contribution in [-0.2, 0) is 6.54 Å². The molecule has 0 spiro atoms. The molecule has 0 radical (unpaired) electrons. The summed E-state index contributed by atoms with van der Waals surface area (Å²) < 4.78 is 0. The summed E-state index contributed by atoms with van der Waals surface area (Å²) in [6, 6.07) is 9.62. The van der Waals surface area contributed by atoms with Gasteiger partial charge in [-0.15, -0.1) is 0 Å². The maximum atomic E-state index is 5.96. The first kappa shape index (κ1) is 15.3. The van der Waals surface area contributed by atoms with Crippen molar-refractivity contribution >= 4 is 11.6 Å². The molecule has 3 rings (SSSR count). The zero-order chi connectivity index (χ0) is 14.8. The molecule has 2 aliphatic rings. The second-order valence-electron chi connectivity index (χ2n) is 7.03. The van der Waals surface area contributed by atoms with E-state index in [1.54, 1.807) is 0 Å². The minimum Gasteiger partial charge on any atom is -0.309 e. The number of halogens is 1. The summed E-state index contributed by atoms with van der Waals surface area (Å²) in [7, 11) is 0. The minimum absolute atomic E-state index is 0.685. The largest absolute Gasteiger partial charge is 0.309 e. The minimum atomic E-state index is 0.685. The van der Waals surface area contributed by atoms with E-state index in [1.165, 1.54) is 37.9 Å². The molecular formula is C18H27ClN2. The summed E-state index contributed by atoms with van der Waals surface area (Å²) >= 11 is 5.96. The lowest BCUT2D eigenvalue weighted by Gasteiger charge is -2.49. The van der Waals surface area contributed by atoms with Gasteiger partial charge in [0.1, 0.15) is 0 Å². The molecule has 3 heteroatoms. The Morgan fingerprint density at radius 2 is 1.76 bits per heavy atom. The lowest BCUT2D eigenvalue weighted by molar-refractivity contribution is 0.0290. The number of hydrogen-bond donors (Lipinski definition) is 1. The van der Waals surface area contributed by atoms with Crippen LogP contribution < -0.4 is 5.32 Å². The summed E-state index contributed by atoms with van der Waals surface area (Å²) in [5, 5.41) is 4.67. The fraction of sp³-hybridized carbons (Fsp3) is 0.667. The predicted octanol–water partition coefficient (Wildman–Crippen LogP) is 3.94. The van der Waals surface area contributed by atoms with Crippen LogP contribution in [0.4, 0.5) is 0 Å². The number of benzene rings is 1. The quantitative estimate of drug-likeness (QED) is 0.906. The third kappa shape index (κ3) is 3.61. The number of fused-ring (bicyclic) bond motifs is 2. The van der Waals surface area contributed by atoms with E-state index in [9.17, 15) is 0 Å². The van der Waals surface area contributed by atoms with E-state index in [4.69, 9.17) is 11.6 Å². The number of piperidine rings is 1. The van der Waals surface area contributed by atoms with Crippen LogP contribution in [0.15, 0.2) is 24.3 Å². The van der Waals surface area contributed by atoms with Gasteiger partial charge in [-0.05, 0) is 56.2 Å². The lowest BCUT2D eigenvalue weighted by atomic mass is 9.73. The normalized spacial score (nSPS) is 29.8. The number of hydrogen-bond acceptors (Lipinski definition) is 2. The first-order chi connectivity index (χ1) is 10.1. The van der Waals surface area contributed by atoms with Crippen LogP contribution in [0.3, 0.4) is 0 Å². The zero-order valence-electron chi connectivity index (χ0n) is 13.2. The van der Waals surface area contributed by atoms with Crippen LogP contribution in [0.5, 0.6) is 0 Å². The molecule has 1 saturated carbocycles. The van der Waals surface area contributed by atoms with Gasteiger partial charge >= 0.3 is 0 Å². The molecule has 1 saturated heterocycles. The topological polar surface area (TPSA) is 15.3 Å². The highest BCUT2D eigenvalue weighted by Gasteiger charge is 2.39. The Labute approximate surface area is 133 Å². The molecular weight excluding hydrogens is 280 g/mol. The summed E-state index contributed by atoms with van der Waals surface area (Å²) in [5.41, 5.74) is 1.34. The SMILES string of the molecule is CC(C)N1CC2CCCC(C1)C2NCc1ccc(Cl)cc1. The monoisotopic (exact) mass is 306 g/mol. The van der Waals surface area contributed by atoms with Crippen LogP contribution in [0.1, 0.15) is 38.7 Å². The molecule has 2 atom stereocenters. The highest BCUT2D eigenvalue weighted by Crippen LogP contribution is 2.35. The maximum absolute atomic E-state index is 5.96. The van der Waals surface area contributed by atoms with Crippen molar-refractivity contribution in [1.29, 1.82) is 0 Å². The molecule has 1 aromatic carbocycles. The summed E-state index contributed by atoms with van der Waals surface area (Å²) in [4.78, 5) is 2.68.